The molecule has 0 saturated heterocycles. The van der Waals surface area contributed by atoms with Crippen LogP contribution in [0.3, 0.4) is 0 Å². The minimum atomic E-state index is -0.403. The van der Waals surface area contributed by atoms with Gasteiger partial charge in [-0.3, -0.25) is 22.9 Å². The van der Waals surface area contributed by atoms with Gasteiger partial charge in [0.05, 0.1) is 24.5 Å². The van der Waals surface area contributed by atoms with Gasteiger partial charge in [0.25, 0.3) is 5.56 Å². The number of ether oxygens (including phenoxy) is 1. The Morgan fingerprint density at radius 3 is 2.53 bits per heavy atom. The third kappa shape index (κ3) is 3.38. The number of hydrogen-bond donors (Lipinski definition) is 0. The van der Waals surface area contributed by atoms with Crippen LogP contribution in [0.4, 0.5) is 0 Å². The van der Waals surface area contributed by atoms with Gasteiger partial charge in [0.15, 0.2) is 11.2 Å². The lowest BCUT2D eigenvalue weighted by atomic mass is 10.1. The van der Waals surface area contributed by atoms with E-state index < -0.39 is 5.69 Å². The van der Waals surface area contributed by atoms with E-state index >= 15 is 0 Å². The standard InChI is InChI=1S/C26H27N5O3/c1-5-34-14-13-29-24(32)22-23(28(4)26(29)33)27-25-30(22)16-21(19-9-7-6-8-10-19)31(25)20-15-17(2)11-12-18(20)3/h6-12,15-16H,5,13-14H2,1-4H3. The van der Waals surface area contributed by atoms with Crippen LogP contribution in [0.2, 0.25) is 0 Å². The summed E-state index contributed by atoms with van der Waals surface area (Å²) in [6.45, 7) is 6.98. The predicted molar refractivity (Wildman–Crippen MR) is 133 cm³/mol. The van der Waals surface area contributed by atoms with Gasteiger partial charge in [0, 0.05) is 25.4 Å². The van der Waals surface area contributed by atoms with Crippen LogP contribution in [0.15, 0.2) is 64.3 Å². The van der Waals surface area contributed by atoms with E-state index in [9.17, 15) is 9.59 Å². The Hall–Kier alpha value is -3.91. The molecule has 3 aromatic heterocycles. The van der Waals surface area contributed by atoms with Crippen molar-refractivity contribution in [3.05, 3.63) is 86.7 Å². The highest BCUT2D eigenvalue weighted by molar-refractivity contribution is 5.79. The van der Waals surface area contributed by atoms with E-state index in [0.29, 0.717) is 23.5 Å². The molecule has 0 bridgehead atoms. The highest BCUT2D eigenvalue weighted by Crippen LogP contribution is 2.30. The summed E-state index contributed by atoms with van der Waals surface area (Å²) in [6.07, 6.45) is 1.93. The minimum absolute atomic E-state index is 0.186. The lowest BCUT2D eigenvalue weighted by Crippen LogP contribution is -2.40. The smallest absolute Gasteiger partial charge is 0.332 e. The second-order valence-electron chi connectivity index (χ2n) is 8.46. The van der Waals surface area contributed by atoms with Crippen LogP contribution < -0.4 is 11.2 Å². The molecule has 0 saturated carbocycles. The van der Waals surface area contributed by atoms with Gasteiger partial charge in [-0.2, -0.15) is 4.98 Å². The second-order valence-corrected chi connectivity index (χ2v) is 8.46. The second kappa shape index (κ2) is 8.46. The summed E-state index contributed by atoms with van der Waals surface area (Å²) < 4.78 is 11.9. The lowest BCUT2D eigenvalue weighted by molar-refractivity contribution is 0.137. The molecule has 2 aromatic carbocycles. The van der Waals surface area contributed by atoms with Crippen LogP contribution >= 0.6 is 0 Å². The van der Waals surface area contributed by atoms with Gasteiger partial charge in [0.2, 0.25) is 5.78 Å². The summed E-state index contributed by atoms with van der Waals surface area (Å²) in [6, 6.07) is 16.3. The van der Waals surface area contributed by atoms with Gasteiger partial charge in [-0.15, -0.1) is 0 Å². The van der Waals surface area contributed by atoms with Gasteiger partial charge in [-0.1, -0.05) is 42.5 Å². The topological polar surface area (TPSA) is 75.5 Å². The minimum Gasteiger partial charge on any atom is -0.380 e. The van der Waals surface area contributed by atoms with Gasteiger partial charge in [-0.05, 0) is 38.0 Å². The van der Waals surface area contributed by atoms with Crippen molar-refractivity contribution in [2.45, 2.75) is 27.3 Å². The summed E-state index contributed by atoms with van der Waals surface area (Å²) in [7, 11) is 1.65. The molecule has 0 unspecified atom stereocenters. The molecule has 0 radical (unpaired) electrons. The largest absolute Gasteiger partial charge is 0.380 e. The molecule has 0 N–H and O–H groups in total. The lowest BCUT2D eigenvalue weighted by Gasteiger charge is -2.13. The van der Waals surface area contributed by atoms with Gasteiger partial charge in [-0.25, -0.2) is 4.79 Å². The highest BCUT2D eigenvalue weighted by atomic mass is 16.5. The number of nitrogens with zero attached hydrogens (tertiary/aromatic N) is 5. The van der Waals surface area contributed by atoms with Gasteiger partial charge < -0.3 is 4.74 Å². The zero-order valence-electron chi connectivity index (χ0n) is 19.8. The molecule has 0 atom stereocenters. The van der Waals surface area contributed by atoms with Crippen molar-refractivity contribution >= 4 is 16.9 Å². The zero-order chi connectivity index (χ0) is 24.0. The Bertz CT molecular complexity index is 1640. The average Bonchev–Trinajstić information content (AvgIpc) is 3.38. The summed E-state index contributed by atoms with van der Waals surface area (Å²) in [5.74, 6) is 0.581. The zero-order valence-corrected chi connectivity index (χ0v) is 19.8. The molecule has 34 heavy (non-hydrogen) atoms. The van der Waals surface area contributed by atoms with E-state index in [0.717, 1.165) is 28.1 Å². The van der Waals surface area contributed by atoms with Crippen LogP contribution in [-0.2, 0) is 18.3 Å². The van der Waals surface area contributed by atoms with Crippen LogP contribution in [-0.4, -0.2) is 36.3 Å². The quantitative estimate of drug-likeness (QED) is 0.366. The van der Waals surface area contributed by atoms with Crippen molar-refractivity contribution < 1.29 is 4.74 Å². The molecule has 5 aromatic rings. The number of fused-ring (bicyclic) bond motifs is 3. The normalized spacial score (nSPS) is 11.6. The number of benzene rings is 2. The van der Waals surface area contributed by atoms with E-state index in [2.05, 4.69) is 36.6 Å². The molecule has 0 aliphatic rings. The average molecular weight is 458 g/mol. The molecule has 0 aliphatic carbocycles. The number of hydrogen-bond acceptors (Lipinski definition) is 4. The summed E-state index contributed by atoms with van der Waals surface area (Å²) >= 11 is 0. The fourth-order valence-corrected chi connectivity index (χ4v) is 4.40. The van der Waals surface area contributed by atoms with Crippen molar-refractivity contribution in [3.63, 3.8) is 0 Å². The Balaban J connectivity index is 1.89. The summed E-state index contributed by atoms with van der Waals surface area (Å²) in [4.78, 5) is 31.3. The number of aryl methyl sites for hydroxylation is 3. The van der Waals surface area contributed by atoms with Gasteiger partial charge >= 0.3 is 5.69 Å². The fourth-order valence-electron chi connectivity index (χ4n) is 4.40. The molecule has 8 heteroatoms. The maximum absolute atomic E-state index is 13.5. The molecule has 3 heterocycles. The number of aromatic nitrogens is 5. The highest BCUT2D eigenvalue weighted by Gasteiger charge is 2.23. The first-order valence-electron chi connectivity index (χ1n) is 11.4. The predicted octanol–water partition coefficient (Wildman–Crippen LogP) is 3.46. The van der Waals surface area contributed by atoms with Crippen molar-refractivity contribution in [1.82, 2.24) is 23.1 Å². The van der Waals surface area contributed by atoms with E-state index in [4.69, 9.17) is 9.72 Å². The molecule has 5 rings (SSSR count). The first-order valence-corrected chi connectivity index (χ1v) is 11.4. The van der Waals surface area contributed by atoms with Crippen LogP contribution in [0.1, 0.15) is 18.1 Å². The molecule has 0 aliphatic heterocycles. The molecule has 0 spiro atoms. The van der Waals surface area contributed by atoms with Crippen LogP contribution in [0, 0.1) is 13.8 Å². The van der Waals surface area contributed by atoms with Crippen LogP contribution in [0.25, 0.3) is 33.9 Å². The molecule has 174 valence electrons. The maximum Gasteiger partial charge on any atom is 0.332 e. The van der Waals surface area contributed by atoms with E-state index in [-0.39, 0.29) is 18.7 Å². The van der Waals surface area contributed by atoms with Crippen LogP contribution in [0.5, 0.6) is 0 Å². The third-order valence-corrected chi connectivity index (χ3v) is 6.19. The van der Waals surface area contributed by atoms with Crippen molar-refractivity contribution in [1.29, 1.82) is 0 Å². The fraction of sp³-hybridized carbons (Fsp3) is 0.269. The maximum atomic E-state index is 13.5. The SMILES string of the molecule is CCOCCn1c(=O)c2c(nc3n(-c4cc(C)ccc4C)c(-c4ccccc4)cn23)n(C)c1=O. The Morgan fingerprint density at radius 2 is 1.79 bits per heavy atom. The van der Waals surface area contributed by atoms with Gasteiger partial charge in [0.1, 0.15) is 0 Å². The molecule has 0 amide bonds. The van der Waals surface area contributed by atoms with E-state index in [1.54, 1.807) is 11.4 Å². The van der Waals surface area contributed by atoms with Crippen molar-refractivity contribution in [2.24, 2.45) is 7.05 Å². The van der Waals surface area contributed by atoms with E-state index in [1.165, 1.54) is 9.13 Å². The van der Waals surface area contributed by atoms with Crippen molar-refractivity contribution in [3.8, 4) is 16.9 Å². The third-order valence-electron chi connectivity index (χ3n) is 6.19. The molecular formula is C26H27N5O3. The molecule has 8 nitrogen and oxygen atoms in total. The Labute approximate surface area is 196 Å². The monoisotopic (exact) mass is 457 g/mol. The summed E-state index contributed by atoms with van der Waals surface area (Å²) in [5, 5.41) is 0. The molecule has 0 fully saturated rings. The Morgan fingerprint density at radius 1 is 1.03 bits per heavy atom. The summed E-state index contributed by atoms with van der Waals surface area (Å²) in [5.41, 5.74) is 5.04. The first kappa shape index (κ1) is 21.9. The number of imidazole rings is 2. The van der Waals surface area contributed by atoms with E-state index in [1.807, 2.05) is 43.5 Å². The number of rotatable bonds is 6. The molecular weight excluding hydrogens is 430 g/mol. The first-order chi connectivity index (χ1) is 16.4. The van der Waals surface area contributed by atoms with Crippen molar-refractivity contribution in [2.75, 3.05) is 13.2 Å². The Kier molecular flexibility index (Phi) is 5.45.